The number of nitrogens with zero attached hydrogens (tertiary/aromatic N) is 1. The Kier molecular flexibility index (Phi) is 7.83. The first kappa shape index (κ1) is 23.3. The van der Waals surface area contributed by atoms with E-state index in [9.17, 15) is 14.4 Å². The maximum absolute atomic E-state index is 12.2. The molecule has 0 saturated carbocycles. The molecule has 3 rings (SSSR count). The summed E-state index contributed by atoms with van der Waals surface area (Å²) >= 11 is 17.6. The van der Waals surface area contributed by atoms with E-state index in [4.69, 9.17) is 39.5 Å². The van der Waals surface area contributed by atoms with E-state index in [0.717, 1.165) is 0 Å². The first-order chi connectivity index (χ1) is 15.3. The van der Waals surface area contributed by atoms with Crippen LogP contribution in [0.25, 0.3) is 0 Å². The summed E-state index contributed by atoms with van der Waals surface area (Å²) in [5.74, 6) is -2.19. The summed E-state index contributed by atoms with van der Waals surface area (Å²) in [6.07, 6.45) is 1.32. The van der Waals surface area contributed by atoms with Crippen molar-refractivity contribution >= 4 is 64.5 Å². The monoisotopic (exact) mass is 489 g/mol. The third-order valence-electron chi connectivity index (χ3n) is 3.95. The molecule has 0 heterocycles. The maximum atomic E-state index is 12.2. The van der Waals surface area contributed by atoms with Crippen LogP contribution in [0.5, 0.6) is 5.75 Å². The number of hydrogen-bond donors (Lipinski definition) is 2. The van der Waals surface area contributed by atoms with Crippen molar-refractivity contribution in [1.82, 2.24) is 5.43 Å². The van der Waals surface area contributed by atoms with E-state index in [1.54, 1.807) is 48.5 Å². The largest absolute Gasteiger partial charge is 0.423 e. The predicted octanol–water partition coefficient (Wildman–Crippen LogP) is 4.95. The van der Waals surface area contributed by atoms with Crippen molar-refractivity contribution in [2.24, 2.45) is 5.10 Å². The van der Waals surface area contributed by atoms with Gasteiger partial charge in [-0.3, -0.25) is 9.59 Å². The zero-order valence-corrected chi connectivity index (χ0v) is 18.4. The lowest BCUT2D eigenvalue weighted by molar-refractivity contribution is -0.136. The third kappa shape index (κ3) is 6.31. The van der Waals surface area contributed by atoms with E-state index in [0.29, 0.717) is 27.0 Å². The quantitative estimate of drug-likeness (QED) is 0.174. The second-order valence-electron chi connectivity index (χ2n) is 6.22. The molecule has 0 fully saturated rings. The highest BCUT2D eigenvalue weighted by Crippen LogP contribution is 2.25. The van der Waals surface area contributed by atoms with Crippen LogP contribution < -0.4 is 15.5 Å². The van der Waals surface area contributed by atoms with Crippen LogP contribution in [0.1, 0.15) is 15.9 Å². The van der Waals surface area contributed by atoms with Gasteiger partial charge >= 0.3 is 17.8 Å². The van der Waals surface area contributed by atoms with Gasteiger partial charge in [0.25, 0.3) is 0 Å². The maximum Gasteiger partial charge on any atom is 0.345 e. The first-order valence-corrected chi connectivity index (χ1v) is 10.1. The average Bonchev–Trinajstić information content (AvgIpc) is 2.77. The molecule has 0 aliphatic rings. The van der Waals surface area contributed by atoms with Gasteiger partial charge < -0.3 is 10.1 Å². The normalized spacial score (nSPS) is 10.6. The molecule has 0 aromatic heterocycles. The topological polar surface area (TPSA) is 96.9 Å². The van der Waals surface area contributed by atoms with Crippen molar-refractivity contribution in [2.75, 3.05) is 5.32 Å². The fourth-order valence-corrected chi connectivity index (χ4v) is 2.90. The first-order valence-electron chi connectivity index (χ1n) is 8.99. The van der Waals surface area contributed by atoms with Crippen molar-refractivity contribution < 1.29 is 19.1 Å². The molecular formula is C22H14Cl3N3O4. The highest BCUT2D eigenvalue weighted by Gasteiger charge is 2.14. The van der Waals surface area contributed by atoms with Crippen molar-refractivity contribution in [3.8, 4) is 5.75 Å². The van der Waals surface area contributed by atoms with Crippen LogP contribution in [-0.4, -0.2) is 24.0 Å². The summed E-state index contributed by atoms with van der Waals surface area (Å²) in [6, 6.07) is 17.3. The molecule has 32 heavy (non-hydrogen) atoms. The number of anilines is 1. The van der Waals surface area contributed by atoms with Gasteiger partial charge in [0, 0.05) is 5.69 Å². The van der Waals surface area contributed by atoms with Gasteiger partial charge in [0.1, 0.15) is 5.75 Å². The van der Waals surface area contributed by atoms with Gasteiger partial charge in [0.2, 0.25) is 0 Å². The second kappa shape index (κ2) is 10.8. The molecule has 0 aliphatic carbocycles. The number of amides is 2. The molecule has 7 nitrogen and oxygen atoms in total. The van der Waals surface area contributed by atoms with E-state index in [1.807, 2.05) is 0 Å². The number of rotatable bonds is 5. The highest BCUT2D eigenvalue weighted by atomic mass is 35.5. The number of benzene rings is 3. The molecule has 0 unspecified atom stereocenters. The van der Waals surface area contributed by atoms with Crippen LogP contribution in [-0.2, 0) is 9.59 Å². The number of hydrogen-bond acceptors (Lipinski definition) is 5. The Morgan fingerprint density at radius 1 is 0.812 bits per heavy atom. The molecule has 0 bridgehead atoms. The van der Waals surface area contributed by atoms with Crippen LogP contribution in [0, 0.1) is 0 Å². The molecule has 10 heteroatoms. The SMILES string of the molecule is O=C(N/N=C\c1ccc(OC(=O)c2ccccc2Cl)cc1)C(=O)Nc1ccc(Cl)c(Cl)c1. The zero-order chi connectivity index (χ0) is 23.1. The summed E-state index contributed by atoms with van der Waals surface area (Å²) in [6.45, 7) is 0. The Balaban J connectivity index is 1.52. The van der Waals surface area contributed by atoms with Crippen molar-refractivity contribution in [2.45, 2.75) is 0 Å². The second-order valence-corrected chi connectivity index (χ2v) is 7.44. The molecule has 162 valence electrons. The van der Waals surface area contributed by atoms with E-state index in [1.165, 1.54) is 24.4 Å². The zero-order valence-electron chi connectivity index (χ0n) is 16.1. The molecular weight excluding hydrogens is 477 g/mol. The van der Waals surface area contributed by atoms with Gasteiger partial charge in [0.05, 0.1) is 26.8 Å². The third-order valence-corrected chi connectivity index (χ3v) is 5.02. The summed E-state index contributed by atoms with van der Waals surface area (Å²) in [5, 5.41) is 6.96. The summed E-state index contributed by atoms with van der Waals surface area (Å²) < 4.78 is 5.27. The summed E-state index contributed by atoms with van der Waals surface area (Å²) in [7, 11) is 0. The average molecular weight is 491 g/mol. The number of carbonyl (C=O) groups excluding carboxylic acids is 3. The van der Waals surface area contributed by atoms with Gasteiger partial charge in [-0.2, -0.15) is 5.10 Å². The number of ether oxygens (including phenoxy) is 1. The Morgan fingerprint density at radius 3 is 2.22 bits per heavy atom. The number of nitrogens with one attached hydrogen (secondary N) is 2. The number of esters is 1. The Hall–Kier alpha value is -3.39. The van der Waals surface area contributed by atoms with Gasteiger partial charge in [-0.1, -0.05) is 46.9 Å². The predicted molar refractivity (Wildman–Crippen MR) is 124 cm³/mol. The minimum atomic E-state index is -0.974. The lowest BCUT2D eigenvalue weighted by Gasteiger charge is -2.06. The highest BCUT2D eigenvalue weighted by molar-refractivity contribution is 6.43. The molecule has 0 spiro atoms. The fraction of sp³-hybridized carbons (Fsp3) is 0. The number of carbonyl (C=O) groups is 3. The van der Waals surface area contributed by atoms with Gasteiger partial charge in [-0.25, -0.2) is 10.2 Å². The molecule has 2 N–H and O–H groups in total. The number of hydrazone groups is 1. The lowest BCUT2D eigenvalue weighted by Crippen LogP contribution is -2.32. The van der Waals surface area contributed by atoms with Crippen molar-refractivity contribution in [3.63, 3.8) is 0 Å². The van der Waals surface area contributed by atoms with E-state index in [-0.39, 0.29) is 10.6 Å². The van der Waals surface area contributed by atoms with Crippen LogP contribution >= 0.6 is 34.8 Å². The van der Waals surface area contributed by atoms with E-state index in [2.05, 4.69) is 15.8 Å². The molecule has 0 saturated heterocycles. The lowest BCUT2D eigenvalue weighted by atomic mass is 10.2. The van der Waals surface area contributed by atoms with E-state index >= 15 is 0 Å². The van der Waals surface area contributed by atoms with Crippen LogP contribution in [0.15, 0.2) is 71.8 Å². The molecule has 3 aromatic carbocycles. The fourth-order valence-electron chi connectivity index (χ4n) is 2.39. The minimum Gasteiger partial charge on any atom is -0.423 e. The molecule has 3 aromatic rings. The van der Waals surface area contributed by atoms with Crippen molar-refractivity contribution in [1.29, 1.82) is 0 Å². The molecule has 0 atom stereocenters. The van der Waals surface area contributed by atoms with Crippen molar-refractivity contribution in [3.05, 3.63) is 92.9 Å². The van der Waals surface area contributed by atoms with Gasteiger partial charge in [-0.15, -0.1) is 0 Å². The minimum absolute atomic E-state index is 0.240. The van der Waals surface area contributed by atoms with E-state index < -0.39 is 17.8 Å². The smallest absolute Gasteiger partial charge is 0.345 e. The Bertz CT molecular complexity index is 1200. The summed E-state index contributed by atoms with van der Waals surface area (Å²) in [4.78, 5) is 35.9. The standard InChI is InChI=1S/C22H14Cl3N3O4/c23-17-4-2-1-3-16(17)22(31)32-15-8-5-13(6-9-15)12-26-28-21(30)20(29)27-14-7-10-18(24)19(25)11-14/h1-12H,(H,27,29)(H,28,30)/b26-12-. The number of halogens is 3. The van der Waals surface area contributed by atoms with Crippen LogP contribution in [0.3, 0.4) is 0 Å². The molecule has 0 radical (unpaired) electrons. The van der Waals surface area contributed by atoms with Gasteiger partial charge in [0.15, 0.2) is 0 Å². The molecule has 2 amide bonds. The Morgan fingerprint density at radius 2 is 1.53 bits per heavy atom. The van der Waals surface area contributed by atoms with Crippen LogP contribution in [0.2, 0.25) is 15.1 Å². The van der Waals surface area contributed by atoms with Gasteiger partial charge in [-0.05, 0) is 60.2 Å². The summed E-state index contributed by atoms with van der Waals surface area (Å²) in [5.41, 5.74) is 3.26. The molecule has 0 aliphatic heterocycles. The Labute approximate surface area is 197 Å². The van der Waals surface area contributed by atoms with Crippen LogP contribution in [0.4, 0.5) is 5.69 Å².